The van der Waals surface area contributed by atoms with Crippen molar-refractivity contribution < 1.29 is 34.2 Å². The largest absolute Gasteiger partial charge is 0.480 e. The molecule has 12 heteroatoms. The normalized spacial score (nSPS) is 17.0. The first-order valence-electron chi connectivity index (χ1n) is 12.1. The summed E-state index contributed by atoms with van der Waals surface area (Å²) < 4.78 is 0. The predicted octanol–water partition coefficient (Wildman–Crippen LogP) is -0.900. The second-order valence-electron chi connectivity index (χ2n) is 9.01. The number of carboxylic acid groups (broad SMARTS) is 1. The van der Waals surface area contributed by atoms with Crippen molar-refractivity contribution in [2.75, 3.05) is 13.2 Å². The highest BCUT2D eigenvalue weighted by Crippen LogP contribution is 2.13. The molecule has 0 aliphatic heterocycles. The Morgan fingerprint density at radius 3 is 1.63 bits per heavy atom. The van der Waals surface area contributed by atoms with Gasteiger partial charge in [0.05, 0.1) is 19.2 Å². The molecule has 0 bridgehead atoms. The van der Waals surface area contributed by atoms with Crippen molar-refractivity contribution in [3.8, 4) is 0 Å². The summed E-state index contributed by atoms with van der Waals surface area (Å²) in [5, 5.41) is 27.8. The zero-order chi connectivity index (χ0) is 27.3. The molecule has 8 N–H and O–H groups in total. The third-order valence-electron chi connectivity index (χ3n) is 6.39. The number of aliphatic carboxylic acids is 1. The molecule has 0 heterocycles. The van der Waals surface area contributed by atoms with E-state index in [0.717, 1.165) is 0 Å². The van der Waals surface area contributed by atoms with E-state index in [9.17, 15) is 24.0 Å². The molecular weight excluding hydrogens is 458 g/mol. The Bertz CT molecular complexity index is 733. The number of nitrogens with one attached hydrogen (secondary N) is 4. The number of hydrogen-bond acceptors (Lipinski definition) is 7. The van der Waals surface area contributed by atoms with Gasteiger partial charge in [-0.05, 0) is 17.8 Å². The van der Waals surface area contributed by atoms with E-state index in [4.69, 9.17) is 15.9 Å². The molecule has 0 spiro atoms. The molecule has 0 aliphatic rings. The Kier molecular flexibility index (Phi) is 14.8. The van der Waals surface area contributed by atoms with Gasteiger partial charge in [-0.3, -0.25) is 19.2 Å². The first-order valence-corrected chi connectivity index (χ1v) is 12.1. The van der Waals surface area contributed by atoms with Crippen molar-refractivity contribution in [2.45, 2.75) is 85.0 Å². The number of aliphatic hydroxyl groups excluding tert-OH is 1. The number of carboxylic acids is 1. The summed E-state index contributed by atoms with van der Waals surface area (Å²) in [4.78, 5) is 61.5. The minimum atomic E-state index is -1.49. The second-order valence-corrected chi connectivity index (χ2v) is 9.01. The van der Waals surface area contributed by atoms with Gasteiger partial charge >= 0.3 is 5.97 Å². The molecule has 0 unspecified atom stereocenters. The lowest BCUT2D eigenvalue weighted by molar-refractivity contribution is -0.142. The second kappa shape index (κ2) is 16.0. The van der Waals surface area contributed by atoms with Crippen molar-refractivity contribution >= 4 is 29.6 Å². The van der Waals surface area contributed by atoms with Gasteiger partial charge in [0.1, 0.15) is 18.1 Å². The van der Waals surface area contributed by atoms with Gasteiger partial charge in [0.2, 0.25) is 23.6 Å². The van der Waals surface area contributed by atoms with Gasteiger partial charge < -0.3 is 37.2 Å². The lowest BCUT2D eigenvalue weighted by Crippen LogP contribution is -2.59. The Morgan fingerprint density at radius 1 is 0.743 bits per heavy atom. The first kappa shape index (κ1) is 32.3. The molecule has 0 saturated carbocycles. The fourth-order valence-corrected chi connectivity index (χ4v) is 3.12. The van der Waals surface area contributed by atoms with Gasteiger partial charge in [-0.2, -0.15) is 0 Å². The number of aliphatic hydroxyl groups is 1. The quantitative estimate of drug-likeness (QED) is 0.141. The van der Waals surface area contributed by atoms with Crippen molar-refractivity contribution in [1.29, 1.82) is 0 Å². The van der Waals surface area contributed by atoms with Crippen LogP contribution in [0.15, 0.2) is 0 Å². The molecular formula is C23H43N5O7. The Balaban J connectivity index is 5.41. The lowest BCUT2D eigenvalue weighted by atomic mass is 9.93. The summed E-state index contributed by atoms with van der Waals surface area (Å²) in [7, 11) is 0. The molecule has 7 atom stereocenters. The van der Waals surface area contributed by atoms with Gasteiger partial charge in [0.25, 0.3) is 0 Å². The highest BCUT2D eigenvalue weighted by atomic mass is 16.4. The van der Waals surface area contributed by atoms with Crippen LogP contribution < -0.4 is 27.0 Å². The van der Waals surface area contributed by atoms with E-state index in [1.165, 1.54) is 0 Å². The minimum absolute atomic E-state index is 0.0769. The number of carbonyl (C=O) groups is 5. The molecule has 0 rings (SSSR count). The van der Waals surface area contributed by atoms with Crippen molar-refractivity contribution in [2.24, 2.45) is 23.5 Å². The van der Waals surface area contributed by atoms with Crippen LogP contribution in [0.25, 0.3) is 0 Å². The van der Waals surface area contributed by atoms with Crippen LogP contribution in [0.2, 0.25) is 0 Å². The molecule has 0 saturated heterocycles. The molecule has 4 amide bonds. The smallest absolute Gasteiger partial charge is 0.328 e. The number of rotatable bonds is 16. The predicted molar refractivity (Wildman–Crippen MR) is 130 cm³/mol. The van der Waals surface area contributed by atoms with Crippen LogP contribution >= 0.6 is 0 Å². The molecule has 12 nitrogen and oxygen atoms in total. The maximum atomic E-state index is 13.2. The topological polar surface area (TPSA) is 200 Å². The molecule has 202 valence electrons. The third kappa shape index (κ3) is 10.6. The average Bonchev–Trinajstić information content (AvgIpc) is 2.84. The van der Waals surface area contributed by atoms with E-state index in [1.54, 1.807) is 6.92 Å². The summed E-state index contributed by atoms with van der Waals surface area (Å²) in [5.41, 5.74) is 6.01. The zero-order valence-corrected chi connectivity index (χ0v) is 21.6. The fraction of sp³-hybridized carbons (Fsp3) is 0.783. The molecule has 0 aromatic heterocycles. The molecule has 0 fully saturated rings. The maximum absolute atomic E-state index is 13.2. The number of carbonyl (C=O) groups excluding carboxylic acids is 4. The number of amides is 4. The van der Waals surface area contributed by atoms with Crippen LogP contribution in [0.5, 0.6) is 0 Å². The van der Waals surface area contributed by atoms with E-state index in [1.807, 2.05) is 34.6 Å². The Labute approximate surface area is 207 Å². The van der Waals surface area contributed by atoms with Crippen molar-refractivity contribution in [3.63, 3.8) is 0 Å². The maximum Gasteiger partial charge on any atom is 0.328 e. The van der Waals surface area contributed by atoms with Gasteiger partial charge in [0.15, 0.2) is 0 Å². The summed E-state index contributed by atoms with van der Waals surface area (Å²) in [6.45, 7) is 9.69. The van der Waals surface area contributed by atoms with Crippen LogP contribution in [0.4, 0.5) is 0 Å². The Hall–Kier alpha value is -2.73. The summed E-state index contributed by atoms with van der Waals surface area (Å²) >= 11 is 0. The number of hydrogen-bond donors (Lipinski definition) is 7. The van der Waals surface area contributed by atoms with Gasteiger partial charge in [0, 0.05) is 0 Å². The van der Waals surface area contributed by atoms with Crippen LogP contribution in [0, 0.1) is 17.8 Å². The molecule has 0 radical (unpaired) electrons. The molecule has 0 aromatic rings. The summed E-state index contributed by atoms with van der Waals surface area (Å²) in [5.74, 6) is -4.46. The van der Waals surface area contributed by atoms with Crippen LogP contribution in [-0.4, -0.2) is 77.1 Å². The lowest BCUT2D eigenvalue weighted by Gasteiger charge is -2.30. The van der Waals surface area contributed by atoms with E-state index < -0.39 is 66.9 Å². The third-order valence-corrected chi connectivity index (χ3v) is 6.39. The standard InChI is InChI=1S/C23H43N5O7/c1-7-12(4)17(24)20(31)27-19(14(6)9-3)22(33)28-18(13(5)8-2)21(32)25-10-16(30)26-15(11-29)23(34)35/h12-15,17-19,29H,7-11,24H2,1-6H3,(H,25,32)(H,26,30)(H,27,31)(H,28,33)(H,34,35)/t12-,13-,14-,15-,17-,18-,19-/m0/s1. The first-order chi connectivity index (χ1) is 16.3. The summed E-state index contributed by atoms with van der Waals surface area (Å²) in [6.07, 6.45) is 1.83. The molecule has 0 aromatic carbocycles. The van der Waals surface area contributed by atoms with Gasteiger partial charge in [-0.1, -0.05) is 60.8 Å². The highest BCUT2D eigenvalue weighted by molar-refractivity contribution is 5.94. The van der Waals surface area contributed by atoms with E-state index >= 15 is 0 Å². The summed E-state index contributed by atoms with van der Waals surface area (Å²) in [6, 6.07) is -4.18. The van der Waals surface area contributed by atoms with E-state index in [2.05, 4.69) is 21.3 Å². The van der Waals surface area contributed by atoms with Crippen molar-refractivity contribution in [3.05, 3.63) is 0 Å². The SMILES string of the molecule is CC[C@H](C)[C@H](N)C(=O)N[C@H](C(=O)N[C@H](C(=O)NCC(=O)N[C@@H](CO)C(=O)O)[C@@H](C)CC)[C@@H](C)CC. The van der Waals surface area contributed by atoms with E-state index in [0.29, 0.717) is 19.3 Å². The molecule has 0 aliphatic carbocycles. The molecule has 35 heavy (non-hydrogen) atoms. The van der Waals surface area contributed by atoms with E-state index in [-0.39, 0.29) is 17.8 Å². The van der Waals surface area contributed by atoms with Gasteiger partial charge in [-0.25, -0.2) is 4.79 Å². The van der Waals surface area contributed by atoms with Crippen molar-refractivity contribution in [1.82, 2.24) is 21.3 Å². The Morgan fingerprint density at radius 2 is 1.20 bits per heavy atom. The van der Waals surface area contributed by atoms with Crippen LogP contribution in [0.3, 0.4) is 0 Å². The number of nitrogens with two attached hydrogens (primary N) is 1. The highest BCUT2D eigenvalue weighted by Gasteiger charge is 2.33. The monoisotopic (exact) mass is 501 g/mol. The van der Waals surface area contributed by atoms with Crippen LogP contribution in [0.1, 0.15) is 60.8 Å². The minimum Gasteiger partial charge on any atom is -0.480 e. The fourth-order valence-electron chi connectivity index (χ4n) is 3.12. The zero-order valence-electron chi connectivity index (χ0n) is 21.6. The van der Waals surface area contributed by atoms with Crippen LogP contribution in [-0.2, 0) is 24.0 Å². The van der Waals surface area contributed by atoms with Gasteiger partial charge in [-0.15, -0.1) is 0 Å². The average molecular weight is 502 g/mol.